The molecular formula is C16H22N2O. The van der Waals surface area contributed by atoms with Crippen LogP contribution in [0.25, 0.3) is 6.08 Å². The van der Waals surface area contributed by atoms with Crippen LogP contribution in [0.2, 0.25) is 0 Å². The molecule has 102 valence electrons. The van der Waals surface area contributed by atoms with Crippen LogP contribution in [-0.2, 0) is 0 Å². The fourth-order valence-corrected chi connectivity index (χ4v) is 2.46. The summed E-state index contributed by atoms with van der Waals surface area (Å²) < 4.78 is 0. The third-order valence-electron chi connectivity index (χ3n) is 3.47. The van der Waals surface area contributed by atoms with Gasteiger partial charge in [0.2, 0.25) is 0 Å². The third-order valence-corrected chi connectivity index (χ3v) is 3.47. The number of hydrogen-bond acceptors (Lipinski definition) is 1. The Kier molecular flexibility index (Phi) is 5.01. The smallest absolute Gasteiger partial charge is 0.318 e. The summed E-state index contributed by atoms with van der Waals surface area (Å²) in [5.41, 5.74) is 2.31. The fourth-order valence-electron chi connectivity index (χ4n) is 2.46. The van der Waals surface area contributed by atoms with Gasteiger partial charge >= 0.3 is 6.03 Å². The summed E-state index contributed by atoms with van der Waals surface area (Å²) in [6.07, 6.45) is 9.58. The molecule has 0 heterocycles. The SMILES string of the molecule is Cc1cccc(/C=C/NC(=O)NC2CCCCC2)c1. The van der Waals surface area contributed by atoms with E-state index in [0.717, 1.165) is 18.4 Å². The molecule has 0 saturated heterocycles. The number of benzene rings is 1. The Labute approximate surface area is 115 Å². The number of carbonyl (C=O) groups excluding carboxylic acids is 1. The van der Waals surface area contributed by atoms with Gasteiger partial charge in [0, 0.05) is 12.2 Å². The summed E-state index contributed by atoms with van der Waals surface area (Å²) in [5.74, 6) is 0. The lowest BCUT2D eigenvalue weighted by molar-refractivity contribution is 0.236. The summed E-state index contributed by atoms with van der Waals surface area (Å²) in [6, 6.07) is 8.41. The number of urea groups is 1. The topological polar surface area (TPSA) is 41.1 Å². The average Bonchev–Trinajstić information content (AvgIpc) is 2.40. The van der Waals surface area contributed by atoms with Gasteiger partial charge in [0.05, 0.1) is 0 Å². The van der Waals surface area contributed by atoms with E-state index in [0.29, 0.717) is 6.04 Å². The minimum absolute atomic E-state index is 0.101. The van der Waals surface area contributed by atoms with Crippen LogP contribution in [0, 0.1) is 6.92 Å². The molecule has 1 aliphatic rings. The second-order valence-electron chi connectivity index (χ2n) is 5.20. The van der Waals surface area contributed by atoms with Gasteiger partial charge in [-0.3, -0.25) is 0 Å². The molecule has 0 aromatic heterocycles. The molecule has 3 heteroatoms. The van der Waals surface area contributed by atoms with Gasteiger partial charge in [-0.25, -0.2) is 4.79 Å². The van der Waals surface area contributed by atoms with Crippen molar-refractivity contribution in [2.45, 2.75) is 45.1 Å². The quantitative estimate of drug-likeness (QED) is 0.854. The van der Waals surface area contributed by atoms with Crippen molar-refractivity contribution in [2.24, 2.45) is 0 Å². The number of carbonyl (C=O) groups is 1. The Bertz CT molecular complexity index is 448. The highest BCUT2D eigenvalue weighted by atomic mass is 16.2. The van der Waals surface area contributed by atoms with E-state index in [2.05, 4.69) is 29.7 Å². The molecule has 2 rings (SSSR count). The second kappa shape index (κ2) is 6.98. The van der Waals surface area contributed by atoms with Crippen molar-refractivity contribution in [3.05, 3.63) is 41.6 Å². The van der Waals surface area contributed by atoms with Crippen molar-refractivity contribution in [1.29, 1.82) is 0 Å². The van der Waals surface area contributed by atoms with Crippen molar-refractivity contribution in [1.82, 2.24) is 10.6 Å². The van der Waals surface area contributed by atoms with E-state index < -0.39 is 0 Å². The van der Waals surface area contributed by atoms with Crippen molar-refractivity contribution in [3.8, 4) is 0 Å². The lowest BCUT2D eigenvalue weighted by Crippen LogP contribution is -2.40. The normalized spacial score (nSPS) is 16.5. The average molecular weight is 258 g/mol. The van der Waals surface area contributed by atoms with E-state index in [9.17, 15) is 4.79 Å². The molecule has 3 nitrogen and oxygen atoms in total. The highest BCUT2D eigenvalue weighted by Gasteiger charge is 2.14. The Balaban J connectivity index is 1.76. The van der Waals surface area contributed by atoms with Gasteiger partial charge in [0.15, 0.2) is 0 Å². The molecule has 1 fully saturated rings. The molecule has 0 bridgehead atoms. The zero-order chi connectivity index (χ0) is 13.5. The van der Waals surface area contributed by atoms with E-state index in [-0.39, 0.29) is 6.03 Å². The van der Waals surface area contributed by atoms with E-state index >= 15 is 0 Å². The maximum absolute atomic E-state index is 11.7. The lowest BCUT2D eigenvalue weighted by Gasteiger charge is -2.22. The predicted octanol–water partition coefficient (Wildman–Crippen LogP) is 3.60. The Morgan fingerprint density at radius 3 is 2.79 bits per heavy atom. The monoisotopic (exact) mass is 258 g/mol. The first-order valence-electron chi connectivity index (χ1n) is 7.04. The van der Waals surface area contributed by atoms with Crippen molar-refractivity contribution in [2.75, 3.05) is 0 Å². The first-order valence-corrected chi connectivity index (χ1v) is 7.04. The van der Waals surface area contributed by atoms with Gasteiger partial charge in [-0.15, -0.1) is 0 Å². The van der Waals surface area contributed by atoms with E-state index in [1.807, 2.05) is 18.2 Å². The summed E-state index contributed by atoms with van der Waals surface area (Å²) in [7, 11) is 0. The molecular weight excluding hydrogens is 236 g/mol. The number of rotatable bonds is 3. The molecule has 2 N–H and O–H groups in total. The van der Waals surface area contributed by atoms with Crippen molar-refractivity contribution >= 4 is 12.1 Å². The Morgan fingerprint density at radius 1 is 1.26 bits per heavy atom. The van der Waals surface area contributed by atoms with Crippen LogP contribution in [0.15, 0.2) is 30.5 Å². The maximum atomic E-state index is 11.7. The number of aryl methyl sites for hydroxylation is 1. The Hall–Kier alpha value is -1.77. The van der Waals surface area contributed by atoms with Gasteiger partial charge < -0.3 is 10.6 Å². The number of amides is 2. The zero-order valence-corrected chi connectivity index (χ0v) is 11.5. The summed E-state index contributed by atoms with van der Waals surface area (Å²) in [4.78, 5) is 11.7. The van der Waals surface area contributed by atoms with Crippen molar-refractivity contribution in [3.63, 3.8) is 0 Å². The van der Waals surface area contributed by atoms with Crippen molar-refractivity contribution < 1.29 is 4.79 Å². The summed E-state index contributed by atoms with van der Waals surface area (Å²) >= 11 is 0. The molecule has 1 aromatic carbocycles. The van der Waals surface area contributed by atoms with Crippen LogP contribution in [0.4, 0.5) is 4.79 Å². The molecule has 0 unspecified atom stereocenters. The highest BCUT2D eigenvalue weighted by molar-refractivity contribution is 5.76. The van der Waals surface area contributed by atoms with Crippen LogP contribution in [-0.4, -0.2) is 12.1 Å². The molecule has 1 aliphatic carbocycles. The summed E-state index contributed by atoms with van der Waals surface area (Å²) in [5, 5.41) is 5.78. The van der Waals surface area contributed by atoms with Gasteiger partial charge in [-0.2, -0.15) is 0 Å². The molecule has 0 atom stereocenters. The Morgan fingerprint density at radius 2 is 2.05 bits per heavy atom. The van der Waals surface area contributed by atoms with Crippen LogP contribution in [0.1, 0.15) is 43.2 Å². The van der Waals surface area contributed by atoms with E-state index in [4.69, 9.17) is 0 Å². The third kappa shape index (κ3) is 4.78. The maximum Gasteiger partial charge on any atom is 0.318 e. The van der Waals surface area contributed by atoms with Crippen LogP contribution < -0.4 is 10.6 Å². The largest absolute Gasteiger partial charge is 0.335 e. The highest BCUT2D eigenvalue weighted by Crippen LogP contribution is 2.17. The van der Waals surface area contributed by atoms with E-state index in [1.165, 1.54) is 24.8 Å². The van der Waals surface area contributed by atoms with Gasteiger partial charge in [-0.1, -0.05) is 49.1 Å². The minimum atomic E-state index is -0.101. The first kappa shape index (κ1) is 13.7. The first-order chi connectivity index (χ1) is 9.24. The minimum Gasteiger partial charge on any atom is -0.335 e. The summed E-state index contributed by atoms with van der Waals surface area (Å²) in [6.45, 7) is 2.06. The fraction of sp³-hybridized carbons (Fsp3) is 0.438. The molecule has 0 radical (unpaired) electrons. The molecule has 0 spiro atoms. The molecule has 2 amide bonds. The van der Waals surface area contributed by atoms with Gasteiger partial charge in [0.25, 0.3) is 0 Å². The molecule has 19 heavy (non-hydrogen) atoms. The van der Waals surface area contributed by atoms with Gasteiger partial charge in [0.1, 0.15) is 0 Å². The number of hydrogen-bond donors (Lipinski definition) is 2. The van der Waals surface area contributed by atoms with Gasteiger partial charge in [-0.05, 0) is 31.4 Å². The van der Waals surface area contributed by atoms with Crippen LogP contribution >= 0.6 is 0 Å². The van der Waals surface area contributed by atoms with Crippen LogP contribution in [0.5, 0.6) is 0 Å². The lowest BCUT2D eigenvalue weighted by atomic mass is 9.96. The predicted molar refractivity (Wildman–Crippen MR) is 78.8 cm³/mol. The molecule has 1 saturated carbocycles. The molecule has 0 aliphatic heterocycles. The molecule has 1 aromatic rings. The zero-order valence-electron chi connectivity index (χ0n) is 11.5. The van der Waals surface area contributed by atoms with Crippen LogP contribution in [0.3, 0.4) is 0 Å². The number of nitrogens with one attached hydrogen (secondary N) is 2. The standard InChI is InChI=1S/C16H22N2O/c1-13-6-5-7-14(12-13)10-11-17-16(19)18-15-8-3-2-4-9-15/h5-7,10-12,15H,2-4,8-9H2,1H3,(H2,17,18,19)/b11-10+. The van der Waals surface area contributed by atoms with E-state index in [1.54, 1.807) is 6.20 Å². The second-order valence-corrected chi connectivity index (χ2v) is 5.20.